The fourth-order valence-corrected chi connectivity index (χ4v) is 2.78. The predicted octanol–water partition coefficient (Wildman–Crippen LogP) is 3.56. The minimum absolute atomic E-state index is 0.182. The van der Waals surface area contributed by atoms with Crippen LogP contribution in [0.5, 0.6) is 0 Å². The lowest BCUT2D eigenvalue weighted by Crippen LogP contribution is -1.95. The molecule has 0 amide bonds. The number of thiazole rings is 1. The number of ketones is 1. The molecule has 88 valence electrons. The number of hydrogen-bond donors (Lipinski definition) is 0. The van der Waals surface area contributed by atoms with Crippen molar-refractivity contribution in [3.63, 3.8) is 0 Å². The highest BCUT2D eigenvalue weighted by Crippen LogP contribution is 2.28. The molecule has 2 rings (SSSR count). The normalized spacial score (nSPS) is 10.5. The van der Waals surface area contributed by atoms with Gasteiger partial charge in [-0.15, -0.1) is 11.3 Å². The molecule has 0 aliphatic carbocycles. The van der Waals surface area contributed by atoms with Crippen LogP contribution in [0.1, 0.15) is 22.4 Å². The van der Waals surface area contributed by atoms with Crippen LogP contribution in [0.4, 0.5) is 0 Å². The van der Waals surface area contributed by atoms with E-state index < -0.39 is 0 Å². The molecular formula is C14H15NOS. The second kappa shape index (κ2) is 4.80. The minimum Gasteiger partial charge on any atom is -0.300 e. The standard InChI is InChI=1S/C14H15NOS/c1-9-4-6-12(7-5-9)14-13(8-10(2)16)17-11(3)15-14/h4-7H,8H2,1-3H3. The van der Waals surface area contributed by atoms with Crippen molar-refractivity contribution in [2.75, 3.05) is 0 Å². The Morgan fingerprint density at radius 2 is 1.88 bits per heavy atom. The molecule has 0 bridgehead atoms. The van der Waals surface area contributed by atoms with Crippen molar-refractivity contribution >= 4 is 17.1 Å². The minimum atomic E-state index is 0.182. The lowest BCUT2D eigenvalue weighted by atomic mass is 10.1. The molecule has 0 aliphatic heterocycles. The molecule has 0 atom stereocenters. The van der Waals surface area contributed by atoms with E-state index in [-0.39, 0.29) is 5.78 Å². The summed E-state index contributed by atoms with van der Waals surface area (Å²) in [5, 5.41) is 1.01. The summed E-state index contributed by atoms with van der Waals surface area (Å²) in [5.41, 5.74) is 3.28. The van der Waals surface area contributed by atoms with Crippen LogP contribution in [0.25, 0.3) is 11.3 Å². The first-order valence-corrected chi connectivity index (χ1v) is 6.40. The van der Waals surface area contributed by atoms with E-state index in [1.54, 1.807) is 18.3 Å². The number of rotatable bonds is 3. The Kier molecular flexibility index (Phi) is 3.38. The summed E-state index contributed by atoms with van der Waals surface area (Å²) in [4.78, 5) is 16.8. The largest absolute Gasteiger partial charge is 0.300 e. The Bertz CT molecular complexity index is 540. The zero-order valence-corrected chi connectivity index (χ0v) is 11.1. The monoisotopic (exact) mass is 245 g/mol. The van der Waals surface area contributed by atoms with Crippen molar-refractivity contribution in [2.24, 2.45) is 0 Å². The van der Waals surface area contributed by atoms with Crippen molar-refractivity contribution in [1.29, 1.82) is 0 Å². The first kappa shape index (κ1) is 12.0. The Morgan fingerprint density at radius 1 is 1.24 bits per heavy atom. The van der Waals surface area contributed by atoms with E-state index in [1.165, 1.54) is 5.56 Å². The van der Waals surface area contributed by atoms with Gasteiger partial charge in [0.1, 0.15) is 5.78 Å². The summed E-state index contributed by atoms with van der Waals surface area (Å²) in [6.07, 6.45) is 0.481. The average molecular weight is 245 g/mol. The number of aryl methyl sites for hydroxylation is 2. The van der Waals surface area contributed by atoms with Crippen LogP contribution in [-0.4, -0.2) is 10.8 Å². The average Bonchev–Trinajstić information content (AvgIpc) is 2.59. The fourth-order valence-electron chi connectivity index (χ4n) is 1.75. The molecule has 0 radical (unpaired) electrons. The molecule has 1 aromatic carbocycles. The second-order valence-corrected chi connectivity index (χ2v) is 5.54. The van der Waals surface area contributed by atoms with Crippen molar-refractivity contribution in [3.05, 3.63) is 39.7 Å². The summed E-state index contributed by atoms with van der Waals surface area (Å²) < 4.78 is 0. The number of Topliss-reactive ketones (excluding diaryl/α,β-unsaturated/α-hetero) is 1. The first-order valence-electron chi connectivity index (χ1n) is 5.59. The molecule has 0 saturated carbocycles. The number of hydrogen-bond acceptors (Lipinski definition) is 3. The second-order valence-electron chi connectivity index (χ2n) is 4.25. The van der Waals surface area contributed by atoms with Crippen LogP contribution in [0.2, 0.25) is 0 Å². The van der Waals surface area contributed by atoms with Crippen LogP contribution in [0, 0.1) is 13.8 Å². The lowest BCUT2D eigenvalue weighted by molar-refractivity contribution is -0.116. The summed E-state index contributed by atoms with van der Waals surface area (Å²) in [5.74, 6) is 0.182. The zero-order chi connectivity index (χ0) is 12.4. The fraction of sp³-hybridized carbons (Fsp3) is 0.286. The van der Waals surface area contributed by atoms with Crippen molar-refractivity contribution in [2.45, 2.75) is 27.2 Å². The van der Waals surface area contributed by atoms with Crippen LogP contribution in [0.3, 0.4) is 0 Å². The van der Waals surface area contributed by atoms with Crippen molar-refractivity contribution < 1.29 is 4.79 Å². The SMILES string of the molecule is CC(=O)Cc1sc(C)nc1-c1ccc(C)cc1. The van der Waals surface area contributed by atoms with Gasteiger partial charge in [-0.2, -0.15) is 0 Å². The van der Waals surface area contributed by atoms with Crippen LogP contribution >= 0.6 is 11.3 Å². The molecule has 0 spiro atoms. The van der Waals surface area contributed by atoms with Gasteiger partial charge >= 0.3 is 0 Å². The van der Waals surface area contributed by atoms with Crippen LogP contribution in [0.15, 0.2) is 24.3 Å². The van der Waals surface area contributed by atoms with Gasteiger partial charge in [-0.05, 0) is 20.8 Å². The number of benzene rings is 1. The molecule has 0 unspecified atom stereocenters. The smallest absolute Gasteiger partial charge is 0.135 e. The molecule has 3 heteroatoms. The molecule has 0 saturated heterocycles. The van der Waals surface area contributed by atoms with Crippen molar-refractivity contribution in [3.8, 4) is 11.3 Å². The summed E-state index contributed by atoms with van der Waals surface area (Å²) >= 11 is 1.61. The third-order valence-electron chi connectivity index (χ3n) is 2.54. The number of aromatic nitrogens is 1. The van der Waals surface area contributed by atoms with Gasteiger partial charge in [-0.3, -0.25) is 4.79 Å². The van der Waals surface area contributed by atoms with Gasteiger partial charge in [-0.1, -0.05) is 29.8 Å². The molecule has 0 N–H and O–H groups in total. The van der Waals surface area contributed by atoms with Gasteiger partial charge in [-0.25, -0.2) is 4.98 Å². The van der Waals surface area contributed by atoms with Gasteiger partial charge < -0.3 is 0 Å². The summed E-state index contributed by atoms with van der Waals surface area (Å²) in [7, 11) is 0. The summed E-state index contributed by atoms with van der Waals surface area (Å²) in [6.45, 7) is 5.66. The van der Waals surface area contributed by atoms with E-state index in [0.29, 0.717) is 6.42 Å². The highest BCUT2D eigenvalue weighted by Gasteiger charge is 2.12. The summed E-state index contributed by atoms with van der Waals surface area (Å²) in [6, 6.07) is 8.27. The van der Waals surface area contributed by atoms with Gasteiger partial charge in [0.2, 0.25) is 0 Å². The van der Waals surface area contributed by atoms with Crippen molar-refractivity contribution in [1.82, 2.24) is 4.98 Å². The van der Waals surface area contributed by atoms with Gasteiger partial charge in [0, 0.05) is 16.9 Å². The molecule has 17 heavy (non-hydrogen) atoms. The topological polar surface area (TPSA) is 30.0 Å². The van der Waals surface area contributed by atoms with E-state index in [4.69, 9.17) is 0 Å². The number of nitrogens with zero attached hydrogens (tertiary/aromatic N) is 1. The Morgan fingerprint density at radius 3 is 2.47 bits per heavy atom. The molecule has 2 nitrogen and oxygen atoms in total. The maximum Gasteiger partial charge on any atom is 0.135 e. The highest BCUT2D eigenvalue weighted by molar-refractivity contribution is 7.12. The van der Waals surface area contributed by atoms with Gasteiger partial charge in [0.25, 0.3) is 0 Å². The Hall–Kier alpha value is -1.48. The Labute approximate surface area is 105 Å². The van der Waals surface area contributed by atoms with E-state index >= 15 is 0 Å². The molecule has 2 aromatic rings. The predicted molar refractivity (Wildman–Crippen MR) is 71.4 cm³/mol. The zero-order valence-electron chi connectivity index (χ0n) is 10.3. The lowest BCUT2D eigenvalue weighted by Gasteiger charge is -2.01. The molecule has 1 aromatic heterocycles. The third kappa shape index (κ3) is 2.80. The van der Waals surface area contributed by atoms with Crippen LogP contribution < -0.4 is 0 Å². The highest BCUT2D eigenvalue weighted by atomic mass is 32.1. The van der Waals surface area contributed by atoms with E-state index in [0.717, 1.165) is 21.1 Å². The quantitative estimate of drug-likeness (QED) is 0.827. The third-order valence-corrected chi connectivity index (χ3v) is 3.51. The maximum atomic E-state index is 11.2. The molecular weight excluding hydrogens is 230 g/mol. The number of carbonyl (C=O) groups excluding carboxylic acids is 1. The Balaban J connectivity index is 2.43. The van der Waals surface area contributed by atoms with E-state index in [1.807, 2.05) is 6.92 Å². The maximum absolute atomic E-state index is 11.2. The van der Waals surface area contributed by atoms with Crippen LogP contribution in [-0.2, 0) is 11.2 Å². The number of carbonyl (C=O) groups is 1. The van der Waals surface area contributed by atoms with E-state index in [9.17, 15) is 4.79 Å². The van der Waals surface area contributed by atoms with Gasteiger partial charge in [0.05, 0.1) is 10.7 Å². The molecule has 0 fully saturated rings. The first-order chi connectivity index (χ1) is 8.06. The molecule has 0 aliphatic rings. The van der Waals surface area contributed by atoms with E-state index in [2.05, 4.69) is 36.2 Å². The molecule has 1 heterocycles. The van der Waals surface area contributed by atoms with Gasteiger partial charge in [0.15, 0.2) is 0 Å².